The standard InChI is InChI=1S/C20H19F2N3O2/c1-11-17(3-2-4-18(11)25-19(26)10-23-20(25)27)24-16-7-13(8-16)12-5-14(21)9-15(22)6-12/h2-6,9,13,16,24H,7-8,10H2,1H3,(H,23,27). The van der Waals surface area contributed by atoms with Gasteiger partial charge in [-0.3, -0.25) is 4.79 Å². The van der Waals surface area contributed by atoms with E-state index in [0.29, 0.717) is 11.3 Å². The van der Waals surface area contributed by atoms with Crippen LogP contribution < -0.4 is 15.5 Å². The minimum atomic E-state index is -0.557. The highest BCUT2D eigenvalue weighted by atomic mass is 19.1. The second-order valence-corrected chi connectivity index (χ2v) is 7.05. The van der Waals surface area contributed by atoms with Crippen molar-refractivity contribution >= 4 is 23.3 Å². The first-order valence-electron chi connectivity index (χ1n) is 8.85. The fourth-order valence-electron chi connectivity index (χ4n) is 3.73. The second-order valence-electron chi connectivity index (χ2n) is 7.05. The van der Waals surface area contributed by atoms with Crippen LogP contribution in [0.3, 0.4) is 0 Å². The number of anilines is 2. The molecule has 3 amide bonds. The van der Waals surface area contributed by atoms with Crippen molar-refractivity contribution in [3.8, 4) is 0 Å². The van der Waals surface area contributed by atoms with Gasteiger partial charge in [0, 0.05) is 17.8 Å². The van der Waals surface area contributed by atoms with E-state index in [1.165, 1.54) is 12.1 Å². The molecule has 2 N–H and O–H groups in total. The Labute approximate surface area is 155 Å². The first-order valence-corrected chi connectivity index (χ1v) is 8.85. The Balaban J connectivity index is 1.46. The van der Waals surface area contributed by atoms with Crippen molar-refractivity contribution in [2.45, 2.75) is 31.7 Å². The van der Waals surface area contributed by atoms with Gasteiger partial charge in [0.15, 0.2) is 0 Å². The lowest BCUT2D eigenvalue weighted by atomic mass is 9.75. The van der Waals surface area contributed by atoms with Crippen LogP contribution in [0, 0.1) is 18.6 Å². The lowest BCUT2D eigenvalue weighted by Crippen LogP contribution is -2.35. The van der Waals surface area contributed by atoms with E-state index in [-0.39, 0.29) is 24.4 Å². The molecule has 4 rings (SSSR count). The maximum atomic E-state index is 13.4. The van der Waals surface area contributed by atoms with E-state index in [4.69, 9.17) is 0 Å². The lowest BCUT2D eigenvalue weighted by molar-refractivity contribution is -0.115. The van der Waals surface area contributed by atoms with Crippen LogP contribution in [0.15, 0.2) is 36.4 Å². The van der Waals surface area contributed by atoms with Gasteiger partial charge in [-0.05, 0) is 61.1 Å². The average Bonchev–Trinajstić information content (AvgIpc) is 2.90. The molecule has 1 aliphatic heterocycles. The molecule has 1 saturated carbocycles. The topological polar surface area (TPSA) is 61.4 Å². The summed E-state index contributed by atoms with van der Waals surface area (Å²) in [7, 11) is 0. The number of carbonyl (C=O) groups is 2. The zero-order valence-electron chi connectivity index (χ0n) is 14.8. The molecule has 0 spiro atoms. The van der Waals surface area contributed by atoms with Crippen molar-refractivity contribution in [2.24, 2.45) is 0 Å². The molecular weight excluding hydrogens is 352 g/mol. The van der Waals surface area contributed by atoms with Crippen LogP contribution in [-0.4, -0.2) is 24.5 Å². The smallest absolute Gasteiger partial charge is 0.329 e. The lowest BCUT2D eigenvalue weighted by Gasteiger charge is -2.37. The van der Waals surface area contributed by atoms with Gasteiger partial charge in [0.25, 0.3) is 5.91 Å². The molecule has 2 aliphatic rings. The number of benzene rings is 2. The predicted molar refractivity (Wildman–Crippen MR) is 97.8 cm³/mol. The van der Waals surface area contributed by atoms with Crippen LogP contribution in [0.2, 0.25) is 0 Å². The number of hydrogen-bond acceptors (Lipinski definition) is 3. The SMILES string of the molecule is Cc1c(NC2CC(c3cc(F)cc(F)c3)C2)cccc1N1C(=O)CNC1=O. The third kappa shape index (κ3) is 3.25. The Bertz CT molecular complexity index is 889. The van der Waals surface area contributed by atoms with Gasteiger partial charge >= 0.3 is 6.03 Å². The van der Waals surface area contributed by atoms with Gasteiger partial charge in [-0.25, -0.2) is 18.5 Å². The van der Waals surface area contributed by atoms with Crippen LogP contribution in [0.4, 0.5) is 25.0 Å². The highest BCUT2D eigenvalue weighted by Crippen LogP contribution is 2.40. The molecule has 1 saturated heterocycles. The molecule has 0 atom stereocenters. The van der Waals surface area contributed by atoms with Crippen molar-refractivity contribution in [3.63, 3.8) is 0 Å². The summed E-state index contributed by atoms with van der Waals surface area (Å²) in [5.74, 6) is -1.28. The van der Waals surface area contributed by atoms with Crippen LogP contribution in [0.25, 0.3) is 0 Å². The third-order valence-corrected chi connectivity index (χ3v) is 5.24. The summed E-state index contributed by atoms with van der Waals surface area (Å²) in [4.78, 5) is 25.0. The van der Waals surface area contributed by atoms with Gasteiger partial charge in [0.1, 0.15) is 11.6 Å². The van der Waals surface area contributed by atoms with Crippen molar-refractivity contribution in [2.75, 3.05) is 16.8 Å². The summed E-state index contributed by atoms with van der Waals surface area (Å²) >= 11 is 0. The summed E-state index contributed by atoms with van der Waals surface area (Å²) < 4.78 is 26.8. The number of nitrogens with one attached hydrogen (secondary N) is 2. The summed E-state index contributed by atoms with van der Waals surface area (Å²) in [6.07, 6.45) is 1.52. The van der Waals surface area contributed by atoms with Gasteiger partial charge < -0.3 is 10.6 Å². The molecule has 1 heterocycles. The quantitative estimate of drug-likeness (QED) is 0.806. The molecule has 5 nitrogen and oxygen atoms in total. The maximum absolute atomic E-state index is 13.4. The van der Waals surface area contributed by atoms with Gasteiger partial charge in [0.2, 0.25) is 0 Å². The Morgan fingerprint density at radius 2 is 1.81 bits per heavy atom. The number of carbonyl (C=O) groups excluding carboxylic acids is 2. The minimum absolute atomic E-state index is 0.00439. The summed E-state index contributed by atoms with van der Waals surface area (Å²) in [6, 6.07) is 8.82. The van der Waals surface area contributed by atoms with Crippen molar-refractivity contribution in [3.05, 3.63) is 59.2 Å². The summed E-state index contributed by atoms with van der Waals surface area (Å²) in [6.45, 7) is 1.86. The molecule has 27 heavy (non-hydrogen) atoms. The fourth-order valence-corrected chi connectivity index (χ4v) is 3.73. The molecule has 2 aromatic carbocycles. The monoisotopic (exact) mass is 371 g/mol. The molecular formula is C20H19F2N3O2. The minimum Gasteiger partial charge on any atom is -0.382 e. The number of rotatable bonds is 4. The Hall–Kier alpha value is -2.96. The van der Waals surface area contributed by atoms with Gasteiger partial charge in [-0.15, -0.1) is 0 Å². The van der Waals surface area contributed by atoms with E-state index < -0.39 is 17.7 Å². The number of hydrogen-bond donors (Lipinski definition) is 2. The number of urea groups is 1. The molecule has 0 unspecified atom stereocenters. The van der Waals surface area contributed by atoms with Crippen molar-refractivity contribution in [1.82, 2.24) is 5.32 Å². The number of nitrogens with zero attached hydrogens (tertiary/aromatic N) is 1. The molecule has 2 aromatic rings. The molecule has 0 aromatic heterocycles. The van der Waals surface area contributed by atoms with E-state index in [0.717, 1.165) is 35.1 Å². The Kier molecular flexibility index (Phi) is 4.30. The zero-order chi connectivity index (χ0) is 19.1. The summed E-state index contributed by atoms with van der Waals surface area (Å²) in [5, 5.41) is 5.93. The largest absolute Gasteiger partial charge is 0.382 e. The van der Waals surface area contributed by atoms with E-state index in [1.807, 2.05) is 13.0 Å². The first kappa shape index (κ1) is 17.5. The Morgan fingerprint density at radius 3 is 2.44 bits per heavy atom. The maximum Gasteiger partial charge on any atom is 0.329 e. The van der Waals surface area contributed by atoms with Crippen LogP contribution in [0.5, 0.6) is 0 Å². The highest BCUT2D eigenvalue weighted by molar-refractivity contribution is 6.20. The second kappa shape index (κ2) is 6.64. The van der Waals surface area contributed by atoms with Crippen LogP contribution >= 0.6 is 0 Å². The predicted octanol–water partition coefficient (Wildman–Crippen LogP) is 3.69. The normalized spacial score (nSPS) is 21.8. The molecule has 140 valence electrons. The van der Waals surface area contributed by atoms with Crippen molar-refractivity contribution in [1.29, 1.82) is 0 Å². The van der Waals surface area contributed by atoms with Crippen molar-refractivity contribution < 1.29 is 18.4 Å². The zero-order valence-corrected chi connectivity index (χ0v) is 14.8. The number of imide groups is 1. The number of amides is 3. The number of halogens is 2. The van der Waals surface area contributed by atoms with E-state index in [9.17, 15) is 18.4 Å². The third-order valence-electron chi connectivity index (χ3n) is 5.24. The average molecular weight is 371 g/mol. The van der Waals surface area contributed by atoms with E-state index in [2.05, 4.69) is 10.6 Å². The molecule has 1 aliphatic carbocycles. The molecule has 2 fully saturated rings. The Morgan fingerprint density at radius 1 is 1.11 bits per heavy atom. The molecule has 0 radical (unpaired) electrons. The van der Waals surface area contributed by atoms with E-state index in [1.54, 1.807) is 12.1 Å². The summed E-state index contributed by atoms with van der Waals surface area (Å²) in [5.41, 5.74) is 2.88. The first-order chi connectivity index (χ1) is 12.9. The molecule has 7 heteroatoms. The van der Waals surface area contributed by atoms with Gasteiger partial charge in [-0.2, -0.15) is 0 Å². The fraction of sp³-hybridized carbons (Fsp3) is 0.300. The molecule has 0 bridgehead atoms. The van der Waals surface area contributed by atoms with E-state index >= 15 is 0 Å². The van der Waals surface area contributed by atoms with Crippen LogP contribution in [0.1, 0.15) is 29.9 Å². The van der Waals surface area contributed by atoms with Crippen LogP contribution in [-0.2, 0) is 4.79 Å². The highest BCUT2D eigenvalue weighted by Gasteiger charge is 2.33. The van der Waals surface area contributed by atoms with Gasteiger partial charge in [-0.1, -0.05) is 6.07 Å². The van der Waals surface area contributed by atoms with Gasteiger partial charge in [0.05, 0.1) is 12.2 Å².